The average Bonchev–Trinajstić information content (AvgIpc) is 2.87. The normalized spacial score (nSPS) is 13.5. The summed E-state index contributed by atoms with van der Waals surface area (Å²) < 4.78 is 37.5. The Hall–Kier alpha value is -3.15. The fourth-order valence-corrected chi connectivity index (χ4v) is 6.17. The van der Waals surface area contributed by atoms with E-state index in [1.54, 1.807) is 21.3 Å². The van der Waals surface area contributed by atoms with E-state index in [1.807, 2.05) is 92.6 Å². The SMILES string of the molecule is CCOP(=O)(c1ccc(N(C)C)cc1)C(Nc1ccccc1)c1cc(OC)c(OC)c(OC)c1. The average molecular weight is 485 g/mol. The van der Waals surface area contributed by atoms with Gasteiger partial charge in [-0.1, -0.05) is 18.2 Å². The summed E-state index contributed by atoms with van der Waals surface area (Å²) in [5.41, 5.74) is 2.50. The highest BCUT2D eigenvalue weighted by atomic mass is 31.2. The van der Waals surface area contributed by atoms with Crippen LogP contribution in [0.15, 0.2) is 66.7 Å². The fraction of sp³-hybridized carbons (Fsp3) is 0.308. The van der Waals surface area contributed by atoms with Crippen molar-refractivity contribution in [3.63, 3.8) is 0 Å². The maximum absolute atomic E-state index is 14.7. The van der Waals surface area contributed by atoms with E-state index < -0.39 is 13.2 Å². The summed E-state index contributed by atoms with van der Waals surface area (Å²) in [5.74, 6) is 0.702. The predicted octanol–water partition coefficient (Wildman–Crippen LogP) is 5.53. The molecular formula is C26H33N2O5P. The lowest BCUT2D eigenvalue weighted by Crippen LogP contribution is -2.21. The first-order valence-electron chi connectivity index (χ1n) is 11.0. The molecule has 0 bridgehead atoms. The molecular weight excluding hydrogens is 451 g/mol. The Balaban J connectivity index is 2.22. The summed E-state index contributed by atoms with van der Waals surface area (Å²) in [6.45, 7) is 2.12. The molecule has 3 aromatic carbocycles. The summed E-state index contributed by atoms with van der Waals surface area (Å²) in [6.07, 6.45) is 0. The van der Waals surface area contributed by atoms with Crippen molar-refractivity contribution in [3.8, 4) is 17.2 Å². The molecule has 0 heterocycles. The zero-order valence-corrected chi connectivity index (χ0v) is 21.5. The first-order valence-corrected chi connectivity index (χ1v) is 12.7. The van der Waals surface area contributed by atoms with Crippen molar-refractivity contribution < 1.29 is 23.3 Å². The van der Waals surface area contributed by atoms with Gasteiger partial charge in [0.25, 0.3) is 7.37 Å². The predicted molar refractivity (Wildman–Crippen MR) is 139 cm³/mol. The molecule has 0 spiro atoms. The van der Waals surface area contributed by atoms with Gasteiger partial charge in [0.05, 0.1) is 27.9 Å². The van der Waals surface area contributed by atoms with Crippen LogP contribution in [0, 0.1) is 0 Å². The Kier molecular flexibility index (Phi) is 8.48. The first kappa shape index (κ1) is 25.5. The van der Waals surface area contributed by atoms with Crippen LogP contribution in [-0.2, 0) is 9.09 Å². The van der Waals surface area contributed by atoms with Crippen molar-refractivity contribution >= 4 is 24.0 Å². The number of nitrogens with zero attached hydrogens (tertiary/aromatic N) is 1. The molecule has 2 unspecified atom stereocenters. The second-order valence-corrected chi connectivity index (χ2v) is 10.3. The minimum absolute atomic E-state index is 0.282. The van der Waals surface area contributed by atoms with Crippen molar-refractivity contribution in [2.24, 2.45) is 0 Å². The zero-order chi connectivity index (χ0) is 24.7. The van der Waals surface area contributed by atoms with Crippen LogP contribution in [0.5, 0.6) is 17.2 Å². The van der Waals surface area contributed by atoms with Crippen molar-refractivity contribution in [3.05, 3.63) is 72.3 Å². The number of ether oxygens (including phenoxy) is 3. The van der Waals surface area contributed by atoms with E-state index in [1.165, 1.54) is 0 Å². The van der Waals surface area contributed by atoms with Crippen LogP contribution in [-0.4, -0.2) is 42.0 Å². The van der Waals surface area contributed by atoms with Gasteiger partial charge in [0.1, 0.15) is 5.78 Å². The molecule has 0 radical (unpaired) electrons. The fourth-order valence-electron chi connectivity index (χ4n) is 3.76. The van der Waals surface area contributed by atoms with Crippen molar-refractivity contribution in [2.75, 3.05) is 52.2 Å². The minimum Gasteiger partial charge on any atom is -0.493 e. The van der Waals surface area contributed by atoms with Gasteiger partial charge in [0, 0.05) is 30.8 Å². The van der Waals surface area contributed by atoms with E-state index in [9.17, 15) is 4.57 Å². The Morgan fingerprint density at radius 3 is 1.94 bits per heavy atom. The molecule has 0 aliphatic heterocycles. The lowest BCUT2D eigenvalue weighted by molar-refractivity contribution is 0.322. The third-order valence-electron chi connectivity index (χ3n) is 5.47. The summed E-state index contributed by atoms with van der Waals surface area (Å²) >= 11 is 0. The molecule has 0 saturated heterocycles. The van der Waals surface area contributed by atoms with Gasteiger partial charge in [0.2, 0.25) is 5.75 Å². The van der Waals surface area contributed by atoms with Crippen LogP contribution in [0.25, 0.3) is 0 Å². The van der Waals surface area contributed by atoms with E-state index in [-0.39, 0.29) is 6.61 Å². The molecule has 2 atom stereocenters. The summed E-state index contributed by atoms with van der Waals surface area (Å²) in [7, 11) is 5.11. The highest BCUT2D eigenvalue weighted by molar-refractivity contribution is 7.67. The largest absolute Gasteiger partial charge is 0.493 e. The molecule has 0 aromatic heterocycles. The third-order valence-corrected chi connectivity index (χ3v) is 8.23. The third kappa shape index (κ3) is 5.32. The van der Waals surface area contributed by atoms with E-state index in [2.05, 4.69) is 5.32 Å². The standard InChI is InChI=1S/C26H33N2O5P/c1-7-33-34(29,22-15-13-21(14-16-22)28(2)3)26(27-20-11-9-8-10-12-20)19-17-23(30-4)25(32-6)24(18-19)31-5/h8-18,26-27H,7H2,1-6H3. The van der Waals surface area contributed by atoms with Gasteiger partial charge in [-0.2, -0.15) is 0 Å². The van der Waals surface area contributed by atoms with E-state index in [0.29, 0.717) is 28.1 Å². The molecule has 0 aliphatic carbocycles. The number of hydrogen-bond donors (Lipinski definition) is 1. The Morgan fingerprint density at radius 2 is 1.47 bits per heavy atom. The molecule has 0 fully saturated rings. The van der Waals surface area contributed by atoms with Gasteiger partial charge in [0.15, 0.2) is 11.5 Å². The number of benzene rings is 3. The second kappa shape index (κ2) is 11.3. The van der Waals surface area contributed by atoms with Crippen LogP contribution in [0.3, 0.4) is 0 Å². The molecule has 1 N–H and O–H groups in total. The van der Waals surface area contributed by atoms with Gasteiger partial charge in [-0.05, 0) is 61.0 Å². The smallest absolute Gasteiger partial charge is 0.258 e. The van der Waals surface area contributed by atoms with Crippen molar-refractivity contribution in [1.29, 1.82) is 0 Å². The number of nitrogens with one attached hydrogen (secondary N) is 1. The van der Waals surface area contributed by atoms with Crippen LogP contribution in [0.1, 0.15) is 18.3 Å². The maximum atomic E-state index is 14.7. The summed E-state index contributed by atoms with van der Waals surface area (Å²) in [4.78, 5) is 1.99. The van der Waals surface area contributed by atoms with E-state index >= 15 is 0 Å². The monoisotopic (exact) mass is 484 g/mol. The Labute approximate surface area is 202 Å². The molecule has 3 rings (SSSR count). The first-order chi connectivity index (χ1) is 16.4. The van der Waals surface area contributed by atoms with Gasteiger partial charge in [-0.3, -0.25) is 4.57 Å². The number of methoxy groups -OCH3 is 3. The molecule has 0 saturated carbocycles. The van der Waals surface area contributed by atoms with Gasteiger partial charge in [-0.25, -0.2) is 0 Å². The highest BCUT2D eigenvalue weighted by Crippen LogP contribution is 2.60. The van der Waals surface area contributed by atoms with Crippen molar-refractivity contribution in [1.82, 2.24) is 0 Å². The highest BCUT2D eigenvalue weighted by Gasteiger charge is 2.38. The molecule has 0 amide bonds. The number of rotatable bonds is 11. The van der Waals surface area contributed by atoms with Crippen LogP contribution in [0.2, 0.25) is 0 Å². The number of para-hydroxylation sites is 1. The van der Waals surface area contributed by atoms with Crippen molar-refractivity contribution in [2.45, 2.75) is 12.7 Å². The molecule has 8 heteroatoms. The minimum atomic E-state index is -3.49. The number of anilines is 2. The lowest BCUT2D eigenvalue weighted by atomic mass is 10.1. The molecule has 182 valence electrons. The molecule has 0 aliphatic rings. The second-order valence-electron chi connectivity index (χ2n) is 7.80. The van der Waals surface area contributed by atoms with Gasteiger partial charge < -0.3 is 29.0 Å². The zero-order valence-electron chi connectivity index (χ0n) is 20.6. The molecule has 34 heavy (non-hydrogen) atoms. The molecule has 3 aromatic rings. The number of hydrogen-bond acceptors (Lipinski definition) is 7. The Morgan fingerprint density at radius 1 is 0.882 bits per heavy atom. The van der Waals surface area contributed by atoms with Crippen LogP contribution >= 0.6 is 7.37 Å². The summed E-state index contributed by atoms with van der Waals surface area (Å²) in [6, 6.07) is 20.9. The molecule has 7 nitrogen and oxygen atoms in total. The summed E-state index contributed by atoms with van der Waals surface area (Å²) in [5, 5.41) is 4.06. The quantitative estimate of drug-likeness (QED) is 0.359. The van der Waals surface area contributed by atoms with Crippen LogP contribution < -0.4 is 29.7 Å². The topological polar surface area (TPSA) is 69.3 Å². The van der Waals surface area contributed by atoms with Gasteiger partial charge >= 0.3 is 0 Å². The van der Waals surface area contributed by atoms with Gasteiger partial charge in [-0.15, -0.1) is 0 Å². The Bertz CT molecular complexity index is 1090. The van der Waals surface area contributed by atoms with E-state index in [0.717, 1.165) is 11.4 Å². The maximum Gasteiger partial charge on any atom is 0.258 e. The van der Waals surface area contributed by atoms with Crippen LogP contribution in [0.4, 0.5) is 11.4 Å². The lowest BCUT2D eigenvalue weighted by Gasteiger charge is -2.30. The van der Waals surface area contributed by atoms with E-state index in [4.69, 9.17) is 18.7 Å².